The number of hydrogen-bond donors (Lipinski definition) is 1. The van der Waals surface area contributed by atoms with Crippen LogP contribution in [-0.4, -0.2) is 10.2 Å². The Labute approximate surface area is 112 Å². The molecule has 3 nitrogen and oxygen atoms in total. The number of hydrogen-bond acceptors (Lipinski definition) is 3. The van der Waals surface area contributed by atoms with E-state index in [9.17, 15) is 4.39 Å². The molecule has 0 saturated heterocycles. The van der Waals surface area contributed by atoms with Crippen molar-refractivity contribution in [1.82, 2.24) is 10.2 Å². The van der Waals surface area contributed by atoms with E-state index >= 15 is 0 Å². The van der Waals surface area contributed by atoms with Crippen molar-refractivity contribution >= 4 is 46.3 Å². The van der Waals surface area contributed by atoms with Crippen LogP contribution >= 0.6 is 34.8 Å². The molecule has 1 N–H and O–H groups in total. The highest BCUT2D eigenvalue weighted by atomic mass is 35.5. The minimum Gasteiger partial charge on any atom is -0.339 e. The zero-order valence-corrected chi connectivity index (χ0v) is 10.5. The first-order valence-corrected chi connectivity index (χ1v) is 5.60. The Morgan fingerprint density at radius 1 is 1.00 bits per heavy atom. The highest BCUT2D eigenvalue weighted by Crippen LogP contribution is 2.28. The van der Waals surface area contributed by atoms with Gasteiger partial charge in [0.2, 0.25) is 0 Å². The van der Waals surface area contributed by atoms with E-state index in [1.54, 1.807) is 12.1 Å². The maximum absolute atomic E-state index is 13.2. The molecule has 0 atom stereocenters. The van der Waals surface area contributed by atoms with Crippen LogP contribution < -0.4 is 5.32 Å². The molecule has 0 spiro atoms. The molecule has 0 aliphatic heterocycles. The lowest BCUT2D eigenvalue weighted by atomic mass is 10.3. The van der Waals surface area contributed by atoms with Gasteiger partial charge in [-0.05, 0) is 24.3 Å². The molecule has 0 radical (unpaired) electrons. The monoisotopic (exact) mass is 291 g/mol. The van der Waals surface area contributed by atoms with E-state index in [4.69, 9.17) is 34.8 Å². The van der Waals surface area contributed by atoms with Crippen molar-refractivity contribution < 1.29 is 4.39 Å². The van der Waals surface area contributed by atoms with E-state index < -0.39 is 5.82 Å². The Morgan fingerprint density at radius 3 is 2.18 bits per heavy atom. The molecule has 0 aliphatic rings. The Hall–Kier alpha value is -1.10. The van der Waals surface area contributed by atoms with Crippen molar-refractivity contribution in [3.05, 3.63) is 45.3 Å². The molecular weight excluding hydrogens is 287 g/mol. The van der Waals surface area contributed by atoms with Gasteiger partial charge >= 0.3 is 0 Å². The van der Waals surface area contributed by atoms with Crippen molar-refractivity contribution in [2.75, 3.05) is 5.32 Å². The third-order valence-electron chi connectivity index (χ3n) is 1.89. The van der Waals surface area contributed by atoms with Gasteiger partial charge in [-0.25, -0.2) is 4.39 Å². The van der Waals surface area contributed by atoms with Crippen molar-refractivity contribution in [3.8, 4) is 0 Å². The average Bonchev–Trinajstić information content (AvgIpc) is 2.29. The summed E-state index contributed by atoms with van der Waals surface area (Å²) in [5.41, 5.74) is 0.512. The second-order valence-electron chi connectivity index (χ2n) is 3.12. The van der Waals surface area contributed by atoms with Crippen LogP contribution in [0.3, 0.4) is 0 Å². The van der Waals surface area contributed by atoms with Crippen LogP contribution in [-0.2, 0) is 0 Å². The summed E-state index contributed by atoms with van der Waals surface area (Å²) >= 11 is 16.9. The van der Waals surface area contributed by atoms with Crippen molar-refractivity contribution in [3.63, 3.8) is 0 Å². The van der Waals surface area contributed by atoms with Crippen molar-refractivity contribution in [2.45, 2.75) is 0 Å². The molecule has 0 saturated carbocycles. The quantitative estimate of drug-likeness (QED) is 0.838. The fourth-order valence-corrected chi connectivity index (χ4v) is 1.75. The van der Waals surface area contributed by atoms with Gasteiger partial charge in [-0.15, -0.1) is 10.2 Å². The first kappa shape index (κ1) is 12.4. The van der Waals surface area contributed by atoms with Crippen LogP contribution in [0.15, 0.2) is 24.3 Å². The standard InChI is InChI=1S/C10H5Cl3FN3/c11-6-3-5(4-7(12)10(6)14)15-9-2-1-8(13)16-17-9/h1-4H,(H,15,17). The second-order valence-corrected chi connectivity index (χ2v) is 4.32. The molecule has 1 aromatic carbocycles. The van der Waals surface area contributed by atoms with Crippen LogP contribution in [0, 0.1) is 5.82 Å². The first-order chi connectivity index (χ1) is 8.06. The zero-order chi connectivity index (χ0) is 12.4. The largest absolute Gasteiger partial charge is 0.339 e. The summed E-state index contributed by atoms with van der Waals surface area (Å²) in [5.74, 6) is -0.200. The lowest BCUT2D eigenvalue weighted by Gasteiger charge is -2.06. The van der Waals surface area contributed by atoms with E-state index in [1.165, 1.54) is 12.1 Å². The minimum atomic E-state index is -0.652. The van der Waals surface area contributed by atoms with E-state index in [2.05, 4.69) is 15.5 Å². The van der Waals surface area contributed by atoms with E-state index in [0.29, 0.717) is 11.5 Å². The van der Waals surface area contributed by atoms with Gasteiger partial charge in [0.15, 0.2) is 16.8 Å². The van der Waals surface area contributed by atoms with Gasteiger partial charge in [0.1, 0.15) is 0 Å². The van der Waals surface area contributed by atoms with Gasteiger partial charge in [0.25, 0.3) is 0 Å². The molecule has 0 aliphatic carbocycles. The zero-order valence-electron chi connectivity index (χ0n) is 8.22. The van der Waals surface area contributed by atoms with Gasteiger partial charge in [-0.3, -0.25) is 0 Å². The van der Waals surface area contributed by atoms with E-state index in [0.717, 1.165) is 0 Å². The van der Waals surface area contributed by atoms with Crippen LogP contribution in [0.4, 0.5) is 15.9 Å². The third kappa shape index (κ3) is 2.97. The number of nitrogens with one attached hydrogen (secondary N) is 1. The Morgan fingerprint density at radius 2 is 1.65 bits per heavy atom. The lowest BCUT2D eigenvalue weighted by molar-refractivity contribution is 0.629. The van der Waals surface area contributed by atoms with Crippen molar-refractivity contribution in [2.24, 2.45) is 0 Å². The van der Waals surface area contributed by atoms with Gasteiger partial charge in [-0.2, -0.15) is 0 Å². The SMILES string of the molecule is Fc1c(Cl)cc(Nc2ccc(Cl)nn2)cc1Cl. The van der Waals surface area contributed by atoms with E-state index in [1.807, 2.05) is 0 Å². The summed E-state index contributed by atoms with van der Waals surface area (Å²) in [7, 11) is 0. The number of aromatic nitrogens is 2. The molecular formula is C10H5Cl3FN3. The molecule has 2 aromatic rings. The molecule has 0 amide bonds. The maximum atomic E-state index is 13.2. The number of benzene rings is 1. The number of rotatable bonds is 2. The Balaban J connectivity index is 2.27. The predicted molar refractivity (Wildman–Crippen MR) is 66.7 cm³/mol. The van der Waals surface area contributed by atoms with Gasteiger partial charge < -0.3 is 5.32 Å². The number of halogens is 4. The smallest absolute Gasteiger partial charge is 0.160 e. The number of nitrogens with zero attached hydrogens (tertiary/aromatic N) is 2. The molecule has 0 bridgehead atoms. The first-order valence-electron chi connectivity index (χ1n) is 4.47. The molecule has 2 rings (SSSR count). The molecule has 88 valence electrons. The molecule has 1 heterocycles. The summed E-state index contributed by atoms with van der Waals surface area (Å²) in [6, 6.07) is 6.00. The molecule has 1 aromatic heterocycles. The molecule has 7 heteroatoms. The van der Waals surface area contributed by atoms with Crippen LogP contribution in [0.25, 0.3) is 0 Å². The summed E-state index contributed by atoms with van der Waals surface area (Å²) in [6.45, 7) is 0. The fraction of sp³-hybridized carbons (Fsp3) is 0. The molecule has 17 heavy (non-hydrogen) atoms. The van der Waals surface area contributed by atoms with Crippen LogP contribution in [0.1, 0.15) is 0 Å². The van der Waals surface area contributed by atoms with Crippen molar-refractivity contribution in [1.29, 1.82) is 0 Å². The predicted octanol–water partition coefficient (Wildman–Crippen LogP) is 4.32. The highest BCUT2D eigenvalue weighted by Gasteiger charge is 2.08. The minimum absolute atomic E-state index is 0.0677. The average molecular weight is 293 g/mol. The molecule has 0 fully saturated rings. The Kier molecular flexibility index (Phi) is 3.66. The van der Waals surface area contributed by atoms with Gasteiger partial charge in [0.05, 0.1) is 10.0 Å². The normalized spacial score (nSPS) is 10.4. The number of anilines is 2. The molecule has 0 unspecified atom stereocenters. The van der Waals surface area contributed by atoms with Gasteiger partial charge in [0, 0.05) is 5.69 Å². The highest BCUT2D eigenvalue weighted by molar-refractivity contribution is 6.35. The van der Waals surface area contributed by atoms with E-state index in [-0.39, 0.29) is 15.2 Å². The van der Waals surface area contributed by atoms with Crippen LogP contribution in [0.5, 0.6) is 0 Å². The topological polar surface area (TPSA) is 37.8 Å². The summed E-state index contributed by atoms with van der Waals surface area (Å²) in [5, 5.41) is 10.5. The second kappa shape index (κ2) is 5.04. The third-order valence-corrected chi connectivity index (χ3v) is 2.64. The Bertz CT molecular complexity index is 522. The summed E-state index contributed by atoms with van der Waals surface area (Å²) < 4.78 is 13.2. The fourth-order valence-electron chi connectivity index (χ4n) is 1.16. The van der Waals surface area contributed by atoms with Gasteiger partial charge in [-0.1, -0.05) is 34.8 Å². The maximum Gasteiger partial charge on any atom is 0.160 e. The lowest BCUT2D eigenvalue weighted by Crippen LogP contribution is -1.96. The summed E-state index contributed by atoms with van der Waals surface area (Å²) in [6.07, 6.45) is 0. The van der Waals surface area contributed by atoms with Crippen LogP contribution in [0.2, 0.25) is 15.2 Å². The summed E-state index contributed by atoms with van der Waals surface area (Å²) in [4.78, 5) is 0.